The molecule has 0 aliphatic rings. The summed E-state index contributed by atoms with van der Waals surface area (Å²) in [6, 6.07) is 0. The van der Waals surface area contributed by atoms with Gasteiger partial charge < -0.3 is 11.5 Å². The Kier molecular flexibility index (Phi) is 14.7. The second kappa shape index (κ2) is 10.7. The topological polar surface area (TPSA) is 231 Å². The molecule has 96 valence electrons. The van der Waals surface area contributed by atoms with Gasteiger partial charge in [0.05, 0.1) is 29.8 Å². The molecule has 0 rings (SSSR count). The Morgan fingerprint density at radius 3 is 0.867 bits per heavy atom. The third-order valence-electron chi connectivity index (χ3n) is 0.408. The van der Waals surface area contributed by atoms with Crippen molar-refractivity contribution in [2.75, 3.05) is 13.1 Å². The summed E-state index contributed by atoms with van der Waals surface area (Å²) in [5, 5.41) is 0. The highest BCUT2D eigenvalue weighted by atomic mass is 35.7. The Balaban J connectivity index is -0.000000144. The van der Waals surface area contributed by atoms with Gasteiger partial charge in [-0.15, -0.1) is 0 Å². The van der Waals surface area contributed by atoms with Crippen LogP contribution >= 0.6 is 0 Å². The van der Waals surface area contributed by atoms with E-state index in [0.717, 1.165) is 19.5 Å². The van der Waals surface area contributed by atoms with Gasteiger partial charge in [0, 0.05) is 0 Å². The third kappa shape index (κ3) is 443. The fourth-order valence-corrected chi connectivity index (χ4v) is 0.118. The SMILES string of the molecule is NCCCN.[O-][Cl+3]([O-])([O-])O.[O-][Cl+3]([O-])([O-])O. The molecule has 0 atom stereocenters. The summed E-state index contributed by atoms with van der Waals surface area (Å²) in [7, 11) is -9.39. The molecule has 0 aliphatic carbocycles. The monoisotopic (exact) mass is 274 g/mol. The molecule has 10 nitrogen and oxygen atoms in total. The predicted octanol–water partition coefficient (Wildman–Crippen LogP) is -8.95. The number of rotatable bonds is 2. The third-order valence-corrected chi connectivity index (χ3v) is 0.408. The average Bonchev–Trinajstić information content (AvgIpc) is 1.80. The van der Waals surface area contributed by atoms with Crippen molar-refractivity contribution in [3.8, 4) is 0 Å². The maximum absolute atomic E-state index is 8.60. The Morgan fingerprint density at radius 1 is 0.733 bits per heavy atom. The molecule has 0 fully saturated rings. The van der Waals surface area contributed by atoms with Crippen LogP contribution in [-0.4, -0.2) is 22.4 Å². The molecular weight excluding hydrogens is 263 g/mol. The van der Waals surface area contributed by atoms with Gasteiger partial charge in [0.15, 0.2) is 0 Å². The van der Waals surface area contributed by atoms with Gasteiger partial charge in [0.25, 0.3) is 0 Å². The Morgan fingerprint density at radius 2 is 0.867 bits per heavy atom. The van der Waals surface area contributed by atoms with Crippen LogP contribution in [0.3, 0.4) is 0 Å². The van der Waals surface area contributed by atoms with Gasteiger partial charge in [-0.1, -0.05) is 0 Å². The molecule has 0 saturated carbocycles. The van der Waals surface area contributed by atoms with Crippen LogP contribution in [0.4, 0.5) is 0 Å². The van der Waals surface area contributed by atoms with E-state index in [0.29, 0.717) is 0 Å². The zero-order valence-electron chi connectivity index (χ0n) is 7.38. The van der Waals surface area contributed by atoms with Crippen LogP contribution in [0, 0.1) is 20.5 Å². The lowest BCUT2D eigenvalue weighted by molar-refractivity contribution is -1.92. The first-order valence-electron chi connectivity index (χ1n) is 3.08. The fraction of sp³-hybridized carbons (Fsp3) is 1.00. The molecule has 0 spiro atoms. The van der Waals surface area contributed by atoms with Crippen molar-refractivity contribution in [1.82, 2.24) is 0 Å². The van der Waals surface area contributed by atoms with Crippen LogP contribution in [0.15, 0.2) is 0 Å². The quantitative estimate of drug-likeness (QED) is 0.371. The molecular formula is C3H12Cl2N2O8. The average molecular weight is 275 g/mol. The van der Waals surface area contributed by atoms with Crippen LogP contribution in [0.25, 0.3) is 0 Å². The summed E-state index contributed by atoms with van der Waals surface area (Å²) in [6.45, 7) is 1.44. The summed E-state index contributed by atoms with van der Waals surface area (Å²) >= 11 is 0. The minimum Gasteiger partial charge on any atom is -0.330 e. The lowest BCUT2D eigenvalue weighted by atomic mass is 10.4. The zero-order valence-corrected chi connectivity index (χ0v) is 8.89. The molecule has 0 heterocycles. The first-order chi connectivity index (χ1) is 6.41. The summed E-state index contributed by atoms with van der Waals surface area (Å²) in [5.41, 5.74) is 10.1. The van der Waals surface area contributed by atoms with Crippen LogP contribution in [0.1, 0.15) is 6.42 Å². The number of hydrogen-bond donors (Lipinski definition) is 4. The highest BCUT2D eigenvalue weighted by molar-refractivity contribution is 4.33. The molecule has 0 bridgehead atoms. The fourth-order valence-electron chi connectivity index (χ4n) is 0.118. The van der Waals surface area contributed by atoms with E-state index < -0.39 is 20.5 Å². The van der Waals surface area contributed by atoms with E-state index in [9.17, 15) is 0 Å². The zero-order chi connectivity index (χ0) is 13.1. The van der Waals surface area contributed by atoms with E-state index >= 15 is 0 Å². The van der Waals surface area contributed by atoms with Gasteiger partial charge in [-0.2, -0.15) is 28.0 Å². The van der Waals surface area contributed by atoms with Gasteiger partial charge in [-0.25, -0.2) is 0 Å². The molecule has 12 heteroatoms. The van der Waals surface area contributed by atoms with Gasteiger partial charge in [0.1, 0.15) is 0 Å². The van der Waals surface area contributed by atoms with Crippen LogP contribution in [-0.2, 0) is 0 Å². The second-order valence-electron chi connectivity index (χ2n) is 1.72. The summed E-state index contributed by atoms with van der Waals surface area (Å²) in [6.07, 6.45) is 0.944. The summed E-state index contributed by atoms with van der Waals surface area (Å²) in [5.74, 6) is 0. The predicted molar refractivity (Wildman–Crippen MR) is 27.2 cm³/mol. The highest BCUT2D eigenvalue weighted by Gasteiger charge is 1.99. The van der Waals surface area contributed by atoms with Gasteiger partial charge in [0.2, 0.25) is 0 Å². The normalized spacial score (nSPS) is 10.8. The van der Waals surface area contributed by atoms with Crippen molar-refractivity contribution in [3.05, 3.63) is 0 Å². The largest absolute Gasteiger partial charge is 0.330 e. The van der Waals surface area contributed by atoms with Crippen molar-refractivity contribution in [1.29, 1.82) is 0 Å². The van der Waals surface area contributed by atoms with E-state index in [1.165, 1.54) is 0 Å². The molecule has 0 aromatic heterocycles. The van der Waals surface area contributed by atoms with Gasteiger partial charge in [-0.05, 0) is 19.5 Å². The van der Waals surface area contributed by atoms with E-state index in [1.54, 1.807) is 0 Å². The first kappa shape index (κ1) is 20.6. The van der Waals surface area contributed by atoms with Crippen molar-refractivity contribution in [2.45, 2.75) is 6.42 Å². The molecule has 6 N–H and O–H groups in total. The first-order valence-corrected chi connectivity index (χ1v) is 5.61. The minimum absolute atomic E-state index is 0.719. The maximum Gasteiger partial charge on any atom is 0.0777 e. The molecule has 0 aromatic carbocycles. The summed E-state index contributed by atoms with van der Waals surface area (Å²) < 4.78 is 65.4. The van der Waals surface area contributed by atoms with Gasteiger partial charge >= 0.3 is 0 Å². The molecule has 15 heavy (non-hydrogen) atoms. The standard InChI is InChI=1S/C3H10N2.2ClHO4/c4-2-1-3-5;2*2-1(3,4)5/h1-5H2;2*(H,2,3,4,5). The van der Waals surface area contributed by atoms with Crippen LogP contribution in [0.2, 0.25) is 0 Å². The van der Waals surface area contributed by atoms with Crippen LogP contribution < -0.4 is 39.4 Å². The van der Waals surface area contributed by atoms with E-state index in [-0.39, 0.29) is 0 Å². The van der Waals surface area contributed by atoms with E-state index in [1.807, 2.05) is 0 Å². The van der Waals surface area contributed by atoms with Crippen LogP contribution in [0.5, 0.6) is 0 Å². The minimum atomic E-state index is -4.69. The lowest BCUT2D eigenvalue weighted by Gasteiger charge is -2.03. The maximum atomic E-state index is 8.60. The van der Waals surface area contributed by atoms with Crippen molar-refractivity contribution in [2.24, 2.45) is 11.5 Å². The second-order valence-corrected chi connectivity index (χ2v) is 3.31. The molecule has 0 aliphatic heterocycles. The Labute approximate surface area is 89.4 Å². The number of halogens is 2. The summed E-state index contributed by atoms with van der Waals surface area (Å²) in [4.78, 5) is 0. The van der Waals surface area contributed by atoms with E-state index in [4.69, 9.17) is 48.7 Å². The molecule has 0 amide bonds. The highest BCUT2D eigenvalue weighted by Crippen LogP contribution is 1.61. The lowest BCUT2D eigenvalue weighted by Crippen LogP contribution is -2.58. The molecule has 0 saturated heterocycles. The number of hydrogen-bond acceptors (Lipinski definition) is 10. The smallest absolute Gasteiger partial charge is 0.0777 e. The van der Waals surface area contributed by atoms with Crippen molar-refractivity contribution in [3.63, 3.8) is 0 Å². The van der Waals surface area contributed by atoms with E-state index in [2.05, 4.69) is 0 Å². The number of nitrogens with two attached hydrogens (primary N) is 2. The van der Waals surface area contributed by atoms with Crippen molar-refractivity contribution < 1.29 is 57.8 Å². The molecule has 0 unspecified atom stereocenters. The molecule has 0 radical (unpaired) electrons. The van der Waals surface area contributed by atoms with Crippen molar-refractivity contribution >= 4 is 0 Å². The van der Waals surface area contributed by atoms with Gasteiger partial charge in [-0.3, -0.25) is 0 Å². The molecule has 0 aromatic rings. The Hall–Kier alpha value is 0.180. The Bertz CT molecular complexity index is 98.0.